The molecule has 1 aromatic heterocycles. The molecule has 29 heavy (non-hydrogen) atoms. The number of aromatic nitrogens is 2. The van der Waals surface area contributed by atoms with Crippen molar-refractivity contribution in [3.05, 3.63) is 53.9 Å². The number of benzene rings is 2. The Morgan fingerprint density at radius 2 is 1.86 bits per heavy atom. The lowest BCUT2D eigenvalue weighted by molar-refractivity contribution is -0.134. The predicted molar refractivity (Wildman–Crippen MR) is 112 cm³/mol. The van der Waals surface area contributed by atoms with Crippen molar-refractivity contribution in [2.75, 3.05) is 26.3 Å². The fourth-order valence-electron chi connectivity index (χ4n) is 3.81. The number of hydrogen-bond acceptors (Lipinski definition) is 4. The lowest BCUT2D eigenvalue weighted by Crippen LogP contribution is -2.40. The highest BCUT2D eigenvalue weighted by Crippen LogP contribution is 2.29. The Hall–Kier alpha value is -3.02. The van der Waals surface area contributed by atoms with Gasteiger partial charge in [-0.3, -0.25) is 4.79 Å². The van der Waals surface area contributed by atoms with E-state index in [1.807, 2.05) is 36.1 Å². The van der Waals surface area contributed by atoms with E-state index in [9.17, 15) is 4.79 Å². The quantitative estimate of drug-likeness (QED) is 0.686. The number of piperidine rings is 1. The highest BCUT2D eigenvalue weighted by Gasteiger charge is 2.26. The van der Waals surface area contributed by atoms with Crippen LogP contribution in [0.5, 0.6) is 11.5 Å². The van der Waals surface area contributed by atoms with Crippen LogP contribution in [-0.2, 0) is 4.79 Å². The molecule has 0 aliphatic carbocycles. The van der Waals surface area contributed by atoms with Crippen LogP contribution in [0.2, 0.25) is 0 Å². The molecule has 0 radical (unpaired) electrons. The third-order valence-corrected chi connectivity index (χ3v) is 5.39. The molecule has 0 spiro atoms. The van der Waals surface area contributed by atoms with Crippen molar-refractivity contribution in [2.45, 2.75) is 32.6 Å². The number of para-hydroxylation sites is 2. The van der Waals surface area contributed by atoms with Crippen LogP contribution < -0.4 is 9.47 Å². The van der Waals surface area contributed by atoms with Gasteiger partial charge in [0.2, 0.25) is 0 Å². The average Bonchev–Trinajstić information content (AvgIpc) is 3.16. The van der Waals surface area contributed by atoms with Crippen LogP contribution in [0.4, 0.5) is 0 Å². The first-order valence-electron chi connectivity index (χ1n) is 10.2. The number of H-pyrrole nitrogens is 1. The summed E-state index contributed by atoms with van der Waals surface area (Å²) in [5.41, 5.74) is 3.31. The van der Waals surface area contributed by atoms with E-state index in [4.69, 9.17) is 14.5 Å². The van der Waals surface area contributed by atoms with Crippen molar-refractivity contribution in [2.24, 2.45) is 0 Å². The maximum Gasteiger partial charge on any atom is 0.260 e. The number of hydrogen-bond donors (Lipinski definition) is 1. The van der Waals surface area contributed by atoms with Gasteiger partial charge in [-0.2, -0.15) is 0 Å². The van der Waals surface area contributed by atoms with Crippen molar-refractivity contribution in [3.8, 4) is 11.5 Å². The highest BCUT2D eigenvalue weighted by molar-refractivity contribution is 5.78. The number of nitrogens with zero attached hydrogens (tertiary/aromatic N) is 2. The van der Waals surface area contributed by atoms with Gasteiger partial charge in [0.15, 0.2) is 18.1 Å². The van der Waals surface area contributed by atoms with Gasteiger partial charge in [-0.15, -0.1) is 0 Å². The van der Waals surface area contributed by atoms with Crippen LogP contribution in [-0.4, -0.2) is 47.1 Å². The molecule has 1 aliphatic heterocycles. The average molecular weight is 393 g/mol. The molecule has 2 heterocycles. The van der Waals surface area contributed by atoms with Gasteiger partial charge in [-0.05, 0) is 56.5 Å². The minimum Gasteiger partial charge on any atom is -0.490 e. The van der Waals surface area contributed by atoms with Gasteiger partial charge in [-0.1, -0.05) is 18.2 Å². The predicted octanol–water partition coefficient (Wildman–Crippen LogP) is 4.06. The Kier molecular flexibility index (Phi) is 5.69. The number of aryl methyl sites for hydroxylation is 1. The Morgan fingerprint density at radius 1 is 1.14 bits per heavy atom. The van der Waals surface area contributed by atoms with Crippen molar-refractivity contribution < 1.29 is 14.3 Å². The normalized spacial score (nSPS) is 14.9. The van der Waals surface area contributed by atoms with E-state index in [0.717, 1.165) is 42.8 Å². The number of nitrogens with one attached hydrogen (secondary N) is 1. The van der Waals surface area contributed by atoms with Crippen molar-refractivity contribution >= 4 is 16.9 Å². The molecule has 0 atom stereocenters. The summed E-state index contributed by atoms with van der Waals surface area (Å²) in [5.74, 6) is 2.66. The summed E-state index contributed by atoms with van der Waals surface area (Å²) in [5, 5.41) is 0. The highest BCUT2D eigenvalue weighted by atomic mass is 16.5. The van der Waals surface area contributed by atoms with Gasteiger partial charge in [-0.25, -0.2) is 4.98 Å². The number of fused-ring (bicyclic) bond motifs is 1. The third kappa shape index (κ3) is 4.36. The van der Waals surface area contributed by atoms with Crippen LogP contribution in [0.3, 0.4) is 0 Å². The minimum absolute atomic E-state index is 0.00924. The molecule has 2 aromatic carbocycles. The standard InChI is InChI=1S/C23H27N3O3/c1-3-28-20-6-4-5-7-21(20)29-15-22(27)26-12-10-17(11-13-26)23-24-18-9-8-16(2)14-19(18)25-23/h4-9,14,17H,3,10-13,15H2,1-2H3,(H,24,25). The van der Waals surface area contributed by atoms with E-state index in [2.05, 4.69) is 30.1 Å². The monoisotopic (exact) mass is 393 g/mol. The molecular weight excluding hydrogens is 366 g/mol. The lowest BCUT2D eigenvalue weighted by atomic mass is 9.96. The maximum absolute atomic E-state index is 12.6. The molecule has 1 aliphatic rings. The molecule has 152 valence electrons. The second-order valence-corrected chi connectivity index (χ2v) is 7.47. The molecule has 1 N–H and O–H groups in total. The van der Waals surface area contributed by atoms with Crippen molar-refractivity contribution in [3.63, 3.8) is 0 Å². The lowest BCUT2D eigenvalue weighted by Gasteiger charge is -2.31. The summed E-state index contributed by atoms with van der Waals surface area (Å²) in [6, 6.07) is 13.7. The van der Waals surface area contributed by atoms with Crippen LogP contribution in [0.25, 0.3) is 11.0 Å². The van der Waals surface area contributed by atoms with Crippen LogP contribution in [0, 0.1) is 6.92 Å². The summed E-state index contributed by atoms with van der Waals surface area (Å²) in [7, 11) is 0. The first-order valence-corrected chi connectivity index (χ1v) is 10.2. The number of rotatable bonds is 6. The van der Waals surface area contributed by atoms with E-state index in [0.29, 0.717) is 24.0 Å². The smallest absolute Gasteiger partial charge is 0.260 e. The molecule has 4 rings (SSSR count). The summed E-state index contributed by atoms with van der Waals surface area (Å²) >= 11 is 0. The third-order valence-electron chi connectivity index (χ3n) is 5.39. The fraction of sp³-hybridized carbons (Fsp3) is 0.391. The molecule has 0 bridgehead atoms. The van der Waals surface area contributed by atoms with Crippen LogP contribution in [0.15, 0.2) is 42.5 Å². The summed E-state index contributed by atoms with van der Waals surface area (Å²) in [6.45, 7) is 6.03. The van der Waals surface area contributed by atoms with Crippen LogP contribution in [0.1, 0.15) is 37.1 Å². The molecule has 6 heteroatoms. The van der Waals surface area contributed by atoms with Crippen molar-refractivity contribution in [1.82, 2.24) is 14.9 Å². The van der Waals surface area contributed by atoms with Gasteiger partial charge in [0.25, 0.3) is 5.91 Å². The number of likely N-dealkylation sites (tertiary alicyclic amines) is 1. The zero-order valence-electron chi connectivity index (χ0n) is 17.0. The second-order valence-electron chi connectivity index (χ2n) is 7.47. The molecule has 6 nitrogen and oxygen atoms in total. The zero-order chi connectivity index (χ0) is 20.2. The maximum atomic E-state index is 12.6. The SMILES string of the molecule is CCOc1ccccc1OCC(=O)N1CCC(c2nc3ccc(C)cc3[nH]2)CC1. The summed E-state index contributed by atoms with van der Waals surface area (Å²) < 4.78 is 11.3. The number of carbonyl (C=O) groups is 1. The van der Waals surface area contributed by atoms with Crippen molar-refractivity contribution in [1.29, 1.82) is 0 Å². The molecule has 1 saturated heterocycles. The largest absolute Gasteiger partial charge is 0.490 e. The first-order chi connectivity index (χ1) is 14.1. The van der Waals surface area contributed by atoms with Gasteiger partial charge < -0.3 is 19.4 Å². The molecular formula is C23H27N3O3. The Morgan fingerprint density at radius 3 is 2.59 bits per heavy atom. The Bertz CT molecular complexity index is 990. The summed E-state index contributed by atoms with van der Waals surface area (Å²) in [4.78, 5) is 22.7. The molecule has 1 fully saturated rings. The molecule has 0 saturated carbocycles. The second kappa shape index (κ2) is 8.55. The van der Waals surface area contributed by atoms with E-state index in [-0.39, 0.29) is 12.5 Å². The number of aromatic amines is 1. The molecule has 3 aromatic rings. The minimum atomic E-state index is 0.00924. The van der Waals surface area contributed by atoms with Gasteiger partial charge in [0.1, 0.15) is 5.82 Å². The topological polar surface area (TPSA) is 67.5 Å². The Labute approximate surface area is 170 Å². The van der Waals surface area contributed by atoms with E-state index >= 15 is 0 Å². The number of amides is 1. The number of carbonyl (C=O) groups excluding carboxylic acids is 1. The Balaban J connectivity index is 1.32. The zero-order valence-corrected chi connectivity index (χ0v) is 17.0. The van der Waals surface area contributed by atoms with Gasteiger partial charge in [0, 0.05) is 19.0 Å². The first kappa shape index (κ1) is 19.3. The number of ether oxygens (including phenoxy) is 2. The molecule has 1 amide bonds. The fourth-order valence-corrected chi connectivity index (χ4v) is 3.81. The molecule has 0 unspecified atom stereocenters. The van der Waals surface area contributed by atoms with E-state index in [1.54, 1.807) is 0 Å². The summed E-state index contributed by atoms with van der Waals surface area (Å²) in [6.07, 6.45) is 1.81. The van der Waals surface area contributed by atoms with E-state index < -0.39 is 0 Å². The van der Waals surface area contributed by atoms with Gasteiger partial charge >= 0.3 is 0 Å². The van der Waals surface area contributed by atoms with E-state index in [1.165, 1.54) is 5.56 Å². The van der Waals surface area contributed by atoms with Gasteiger partial charge in [0.05, 0.1) is 17.6 Å². The van der Waals surface area contributed by atoms with Crippen LogP contribution >= 0.6 is 0 Å². The number of imidazole rings is 1.